The van der Waals surface area contributed by atoms with Crippen LogP contribution in [0, 0.1) is 13.8 Å². The quantitative estimate of drug-likeness (QED) is 0.857. The highest BCUT2D eigenvalue weighted by Crippen LogP contribution is 2.33. The van der Waals surface area contributed by atoms with Crippen molar-refractivity contribution in [2.45, 2.75) is 26.5 Å². The maximum Gasteiger partial charge on any atom is 0.0751 e. The average molecular weight is 332 g/mol. The Hall–Kier alpha value is -1.32. The van der Waals surface area contributed by atoms with Gasteiger partial charge in [0.25, 0.3) is 0 Å². The minimum Gasteiger partial charge on any atom is -0.375 e. The van der Waals surface area contributed by atoms with Crippen molar-refractivity contribution in [2.24, 2.45) is 0 Å². The molecule has 2 nitrogen and oxygen atoms in total. The Morgan fingerprint density at radius 2 is 2.00 bits per heavy atom. The highest BCUT2D eigenvalue weighted by molar-refractivity contribution is 9.10. The van der Waals surface area contributed by atoms with Crippen LogP contribution in [0.25, 0.3) is 0 Å². The van der Waals surface area contributed by atoms with Gasteiger partial charge in [0.15, 0.2) is 0 Å². The molecule has 20 heavy (non-hydrogen) atoms. The normalized spacial score (nSPS) is 17.6. The van der Waals surface area contributed by atoms with E-state index in [-0.39, 0.29) is 6.04 Å². The lowest BCUT2D eigenvalue weighted by Crippen LogP contribution is -2.23. The van der Waals surface area contributed by atoms with Crippen molar-refractivity contribution in [2.75, 3.05) is 11.9 Å². The summed E-state index contributed by atoms with van der Waals surface area (Å²) in [5.74, 6) is 0. The highest BCUT2D eigenvalue weighted by Gasteiger charge is 2.21. The van der Waals surface area contributed by atoms with E-state index in [2.05, 4.69) is 71.5 Å². The molecule has 0 bridgehead atoms. The minimum absolute atomic E-state index is 0.206. The lowest BCUT2D eigenvalue weighted by Gasteiger charge is -2.28. The third kappa shape index (κ3) is 2.60. The van der Waals surface area contributed by atoms with E-state index in [1.54, 1.807) is 0 Å². The minimum atomic E-state index is 0.206. The molecular weight excluding hydrogens is 314 g/mol. The molecule has 0 saturated heterocycles. The van der Waals surface area contributed by atoms with Crippen LogP contribution >= 0.6 is 15.9 Å². The smallest absolute Gasteiger partial charge is 0.0751 e. The maximum atomic E-state index is 5.71. The van der Waals surface area contributed by atoms with Gasteiger partial charge in [-0.15, -0.1) is 0 Å². The monoisotopic (exact) mass is 331 g/mol. The lowest BCUT2D eigenvalue weighted by molar-refractivity contribution is 0.0970. The third-order valence-electron chi connectivity index (χ3n) is 3.72. The summed E-state index contributed by atoms with van der Waals surface area (Å²) in [5.41, 5.74) is 6.28. The number of nitrogens with one attached hydrogen (secondary N) is 1. The van der Waals surface area contributed by atoms with Crippen LogP contribution in [0.3, 0.4) is 0 Å². The van der Waals surface area contributed by atoms with Gasteiger partial charge in [0.05, 0.1) is 24.9 Å². The van der Waals surface area contributed by atoms with Crippen LogP contribution in [0.4, 0.5) is 5.69 Å². The maximum absolute atomic E-state index is 5.71. The molecular formula is C17H18BrNO. The summed E-state index contributed by atoms with van der Waals surface area (Å²) in [6.45, 7) is 5.66. The Labute approximate surface area is 128 Å². The summed E-state index contributed by atoms with van der Waals surface area (Å²) < 4.78 is 6.82. The fraction of sp³-hybridized carbons (Fsp3) is 0.294. The third-order valence-corrected chi connectivity index (χ3v) is 4.35. The van der Waals surface area contributed by atoms with Crippen LogP contribution in [0.15, 0.2) is 40.9 Å². The number of hydrogen-bond acceptors (Lipinski definition) is 2. The predicted octanol–water partition coefficient (Wildman–Crippen LogP) is 4.75. The molecule has 1 aliphatic heterocycles. The van der Waals surface area contributed by atoms with Crippen LogP contribution in [-0.4, -0.2) is 6.61 Å². The summed E-state index contributed by atoms with van der Waals surface area (Å²) in [5, 5.41) is 3.63. The van der Waals surface area contributed by atoms with Crippen molar-refractivity contribution in [1.29, 1.82) is 0 Å². The summed E-state index contributed by atoms with van der Waals surface area (Å²) >= 11 is 3.66. The zero-order valence-corrected chi connectivity index (χ0v) is 13.3. The number of anilines is 1. The van der Waals surface area contributed by atoms with Crippen LogP contribution in [-0.2, 0) is 11.3 Å². The molecule has 104 valence electrons. The molecule has 1 heterocycles. The Morgan fingerprint density at radius 3 is 2.80 bits per heavy atom. The number of ether oxygens (including phenoxy) is 1. The van der Waals surface area contributed by atoms with E-state index in [9.17, 15) is 0 Å². The number of benzene rings is 2. The first-order valence-corrected chi connectivity index (χ1v) is 7.63. The van der Waals surface area contributed by atoms with Crippen molar-refractivity contribution in [3.8, 4) is 0 Å². The molecule has 1 atom stereocenters. The number of hydrogen-bond donors (Lipinski definition) is 1. The number of fused-ring (bicyclic) bond motifs is 1. The van der Waals surface area contributed by atoms with Gasteiger partial charge in [-0.1, -0.05) is 30.3 Å². The number of aryl methyl sites for hydroxylation is 2. The Kier molecular flexibility index (Phi) is 3.81. The average Bonchev–Trinajstić information content (AvgIpc) is 2.43. The van der Waals surface area contributed by atoms with Gasteiger partial charge in [-0.25, -0.2) is 0 Å². The zero-order chi connectivity index (χ0) is 14.1. The van der Waals surface area contributed by atoms with Gasteiger partial charge >= 0.3 is 0 Å². The summed E-state index contributed by atoms with van der Waals surface area (Å²) in [6, 6.07) is 13.0. The molecule has 2 aromatic rings. The van der Waals surface area contributed by atoms with Crippen LogP contribution in [0.1, 0.15) is 28.3 Å². The summed E-state index contributed by atoms with van der Waals surface area (Å²) in [7, 11) is 0. The van der Waals surface area contributed by atoms with Crippen molar-refractivity contribution in [3.63, 3.8) is 0 Å². The second kappa shape index (κ2) is 5.58. The molecule has 0 aromatic heterocycles. The van der Waals surface area contributed by atoms with Gasteiger partial charge < -0.3 is 10.1 Å². The van der Waals surface area contributed by atoms with Crippen molar-refractivity contribution in [1.82, 2.24) is 0 Å². The van der Waals surface area contributed by atoms with Gasteiger partial charge in [0, 0.05) is 4.47 Å². The summed E-state index contributed by atoms with van der Waals surface area (Å²) in [6.07, 6.45) is 0. The van der Waals surface area contributed by atoms with Crippen molar-refractivity contribution >= 4 is 21.6 Å². The van der Waals surface area contributed by atoms with E-state index in [0.29, 0.717) is 13.2 Å². The second-order valence-electron chi connectivity index (χ2n) is 5.35. The van der Waals surface area contributed by atoms with E-state index >= 15 is 0 Å². The Morgan fingerprint density at radius 1 is 1.20 bits per heavy atom. The first kappa shape index (κ1) is 13.7. The van der Waals surface area contributed by atoms with E-state index < -0.39 is 0 Å². The largest absolute Gasteiger partial charge is 0.375 e. The fourth-order valence-corrected chi connectivity index (χ4v) is 3.56. The molecule has 1 unspecified atom stereocenters. The van der Waals surface area contributed by atoms with Gasteiger partial charge in [-0.3, -0.25) is 0 Å². The zero-order valence-electron chi connectivity index (χ0n) is 11.7. The van der Waals surface area contributed by atoms with E-state index in [1.807, 2.05) is 0 Å². The number of halogens is 1. The lowest BCUT2D eigenvalue weighted by atomic mass is 9.98. The van der Waals surface area contributed by atoms with E-state index in [1.165, 1.54) is 22.3 Å². The van der Waals surface area contributed by atoms with Gasteiger partial charge in [-0.2, -0.15) is 0 Å². The van der Waals surface area contributed by atoms with Gasteiger partial charge in [0.2, 0.25) is 0 Å². The fourth-order valence-electron chi connectivity index (χ4n) is 2.77. The van der Waals surface area contributed by atoms with Gasteiger partial charge in [-0.05, 0) is 58.1 Å². The van der Waals surface area contributed by atoms with Crippen LogP contribution in [0.2, 0.25) is 0 Å². The standard InChI is InChI=1S/C17H18BrNO/c1-11-7-12(2)17(15(18)8-11)19-16-10-20-9-13-5-3-4-6-14(13)16/h3-8,16,19H,9-10H2,1-2H3. The highest BCUT2D eigenvalue weighted by atomic mass is 79.9. The molecule has 0 spiro atoms. The first-order valence-electron chi connectivity index (χ1n) is 6.84. The Bertz CT molecular complexity index is 616. The van der Waals surface area contributed by atoms with Crippen LogP contribution in [0.5, 0.6) is 0 Å². The van der Waals surface area contributed by atoms with Crippen molar-refractivity contribution in [3.05, 3.63) is 63.1 Å². The molecule has 3 rings (SSSR count). The second-order valence-corrected chi connectivity index (χ2v) is 6.20. The molecule has 3 heteroatoms. The number of rotatable bonds is 2. The summed E-state index contributed by atoms with van der Waals surface area (Å²) in [4.78, 5) is 0. The SMILES string of the molecule is Cc1cc(C)c(NC2COCc3ccccc32)c(Br)c1. The van der Waals surface area contributed by atoms with E-state index in [4.69, 9.17) is 4.74 Å². The molecule has 0 aliphatic carbocycles. The molecule has 0 amide bonds. The van der Waals surface area contributed by atoms with Gasteiger partial charge in [0.1, 0.15) is 0 Å². The molecule has 2 aromatic carbocycles. The molecule has 1 aliphatic rings. The van der Waals surface area contributed by atoms with E-state index in [0.717, 1.165) is 10.2 Å². The topological polar surface area (TPSA) is 21.3 Å². The predicted molar refractivity (Wildman–Crippen MR) is 86.1 cm³/mol. The molecule has 0 saturated carbocycles. The van der Waals surface area contributed by atoms with Crippen molar-refractivity contribution < 1.29 is 4.74 Å². The molecule has 0 fully saturated rings. The first-order chi connectivity index (χ1) is 9.65. The Balaban J connectivity index is 1.94. The molecule has 1 N–H and O–H groups in total. The van der Waals surface area contributed by atoms with Crippen LogP contribution < -0.4 is 5.32 Å². The molecule has 0 radical (unpaired) electrons.